The molecule has 3 rings (SSSR count). The summed E-state index contributed by atoms with van der Waals surface area (Å²) in [5.41, 5.74) is 2.86. The van der Waals surface area contributed by atoms with Crippen molar-refractivity contribution in [1.82, 2.24) is 20.7 Å². The van der Waals surface area contributed by atoms with Gasteiger partial charge in [-0.1, -0.05) is 24.3 Å². The van der Waals surface area contributed by atoms with Gasteiger partial charge in [-0.3, -0.25) is 4.79 Å². The summed E-state index contributed by atoms with van der Waals surface area (Å²) in [6.45, 7) is 0. The maximum Gasteiger partial charge on any atom is 0.273 e. The summed E-state index contributed by atoms with van der Waals surface area (Å²) in [6, 6.07) is 8.30. The molecule has 0 saturated heterocycles. The molecule has 0 radical (unpaired) electrons. The van der Waals surface area contributed by atoms with E-state index in [2.05, 4.69) is 32.9 Å². The third kappa shape index (κ3) is 1.80. The second kappa shape index (κ2) is 4.01. The summed E-state index contributed by atoms with van der Waals surface area (Å²) in [7, 11) is 0. The Labute approximate surface area is 98.2 Å². The Bertz CT molecular complexity index is 535. The molecule has 1 unspecified atom stereocenters. The van der Waals surface area contributed by atoms with Gasteiger partial charge in [0.25, 0.3) is 5.91 Å². The van der Waals surface area contributed by atoms with Crippen LogP contribution in [0.15, 0.2) is 30.5 Å². The molecule has 86 valence electrons. The second-order valence-electron chi connectivity index (χ2n) is 4.12. The minimum atomic E-state index is -0.180. The third-order valence-corrected chi connectivity index (χ3v) is 3.09. The fourth-order valence-electron chi connectivity index (χ4n) is 2.25. The first-order valence-corrected chi connectivity index (χ1v) is 5.59. The molecule has 1 aromatic carbocycles. The third-order valence-electron chi connectivity index (χ3n) is 3.09. The molecule has 1 atom stereocenters. The topological polar surface area (TPSA) is 70.7 Å². The van der Waals surface area contributed by atoms with Gasteiger partial charge in [-0.25, -0.2) is 0 Å². The number of aryl methyl sites for hydroxylation is 1. The van der Waals surface area contributed by atoms with E-state index in [1.165, 1.54) is 17.3 Å². The number of nitrogens with one attached hydrogen (secondary N) is 2. The SMILES string of the molecule is O=C(NC1CCc2ccccc21)c1cn[nH]n1. The van der Waals surface area contributed by atoms with Gasteiger partial charge in [0, 0.05) is 0 Å². The quantitative estimate of drug-likeness (QED) is 0.812. The Balaban J connectivity index is 1.78. The first kappa shape index (κ1) is 10.0. The van der Waals surface area contributed by atoms with Gasteiger partial charge >= 0.3 is 0 Å². The molecule has 0 saturated carbocycles. The van der Waals surface area contributed by atoms with Crippen LogP contribution in [0.4, 0.5) is 0 Å². The number of aromatic nitrogens is 3. The Morgan fingerprint density at radius 1 is 1.41 bits per heavy atom. The lowest BCUT2D eigenvalue weighted by molar-refractivity contribution is 0.0931. The van der Waals surface area contributed by atoms with Gasteiger partial charge in [-0.05, 0) is 24.0 Å². The molecular formula is C12H12N4O. The van der Waals surface area contributed by atoms with Crippen molar-refractivity contribution in [2.75, 3.05) is 0 Å². The van der Waals surface area contributed by atoms with Crippen molar-refractivity contribution < 1.29 is 4.79 Å². The lowest BCUT2D eigenvalue weighted by Gasteiger charge is -2.12. The summed E-state index contributed by atoms with van der Waals surface area (Å²) < 4.78 is 0. The fourth-order valence-corrected chi connectivity index (χ4v) is 2.25. The smallest absolute Gasteiger partial charge is 0.273 e. The number of H-pyrrole nitrogens is 1. The maximum atomic E-state index is 11.8. The van der Waals surface area contributed by atoms with Crippen LogP contribution in [0, 0.1) is 0 Å². The molecule has 5 heteroatoms. The molecule has 2 N–H and O–H groups in total. The minimum absolute atomic E-state index is 0.0930. The Kier molecular flexibility index (Phi) is 2.36. The molecule has 1 aliphatic rings. The Hall–Kier alpha value is -2.17. The zero-order valence-electron chi connectivity index (χ0n) is 9.18. The molecule has 0 fully saturated rings. The van der Waals surface area contributed by atoms with Gasteiger partial charge < -0.3 is 5.32 Å². The number of carbonyl (C=O) groups excluding carboxylic acids is 1. The number of rotatable bonds is 2. The van der Waals surface area contributed by atoms with E-state index in [1.54, 1.807) is 0 Å². The minimum Gasteiger partial charge on any atom is -0.344 e. The number of aromatic amines is 1. The molecule has 1 aliphatic carbocycles. The summed E-state index contributed by atoms with van der Waals surface area (Å²) in [6.07, 6.45) is 3.39. The summed E-state index contributed by atoms with van der Waals surface area (Å²) in [5, 5.41) is 12.8. The molecule has 0 bridgehead atoms. The fraction of sp³-hybridized carbons (Fsp3) is 0.250. The maximum absolute atomic E-state index is 11.8. The molecule has 0 aliphatic heterocycles. The Morgan fingerprint density at radius 3 is 3.12 bits per heavy atom. The molecule has 1 amide bonds. The van der Waals surface area contributed by atoms with Crippen molar-refractivity contribution in [3.63, 3.8) is 0 Å². The van der Waals surface area contributed by atoms with Crippen LogP contribution in [-0.4, -0.2) is 21.3 Å². The van der Waals surface area contributed by atoms with E-state index in [0.29, 0.717) is 5.69 Å². The van der Waals surface area contributed by atoms with Crippen LogP contribution in [-0.2, 0) is 6.42 Å². The first-order chi connectivity index (χ1) is 8.34. The van der Waals surface area contributed by atoms with Crippen molar-refractivity contribution in [1.29, 1.82) is 0 Å². The normalized spacial score (nSPS) is 17.8. The van der Waals surface area contributed by atoms with Gasteiger partial charge in [0.1, 0.15) is 0 Å². The van der Waals surface area contributed by atoms with E-state index < -0.39 is 0 Å². The summed E-state index contributed by atoms with van der Waals surface area (Å²) in [4.78, 5) is 11.8. The molecule has 2 aromatic rings. The summed E-state index contributed by atoms with van der Waals surface area (Å²) in [5.74, 6) is -0.180. The summed E-state index contributed by atoms with van der Waals surface area (Å²) >= 11 is 0. The van der Waals surface area contributed by atoms with Crippen molar-refractivity contribution in [3.8, 4) is 0 Å². The first-order valence-electron chi connectivity index (χ1n) is 5.59. The largest absolute Gasteiger partial charge is 0.344 e. The van der Waals surface area contributed by atoms with Crippen molar-refractivity contribution in [2.24, 2.45) is 0 Å². The highest BCUT2D eigenvalue weighted by Gasteiger charge is 2.24. The number of benzene rings is 1. The van der Waals surface area contributed by atoms with Gasteiger partial charge in [-0.2, -0.15) is 15.4 Å². The lowest BCUT2D eigenvalue weighted by atomic mass is 10.1. The van der Waals surface area contributed by atoms with Crippen LogP contribution in [0.1, 0.15) is 34.1 Å². The highest BCUT2D eigenvalue weighted by Crippen LogP contribution is 2.30. The van der Waals surface area contributed by atoms with Crippen LogP contribution in [0.3, 0.4) is 0 Å². The molecule has 1 heterocycles. The van der Waals surface area contributed by atoms with Crippen LogP contribution in [0.5, 0.6) is 0 Å². The number of hydrogen-bond donors (Lipinski definition) is 2. The highest BCUT2D eigenvalue weighted by molar-refractivity contribution is 5.92. The molecule has 1 aromatic heterocycles. The van der Waals surface area contributed by atoms with E-state index in [0.717, 1.165) is 12.8 Å². The monoisotopic (exact) mass is 228 g/mol. The molecule has 0 spiro atoms. The lowest BCUT2D eigenvalue weighted by Crippen LogP contribution is -2.27. The average Bonchev–Trinajstić information content (AvgIpc) is 2.98. The van der Waals surface area contributed by atoms with Crippen LogP contribution >= 0.6 is 0 Å². The molecular weight excluding hydrogens is 216 g/mol. The van der Waals surface area contributed by atoms with E-state index >= 15 is 0 Å². The average molecular weight is 228 g/mol. The van der Waals surface area contributed by atoms with Gasteiger partial charge in [-0.15, -0.1) is 0 Å². The van der Waals surface area contributed by atoms with E-state index in [4.69, 9.17) is 0 Å². The number of nitrogens with zero attached hydrogens (tertiary/aromatic N) is 2. The molecule has 17 heavy (non-hydrogen) atoms. The van der Waals surface area contributed by atoms with Gasteiger partial charge in [0.05, 0.1) is 12.2 Å². The van der Waals surface area contributed by atoms with E-state index in [1.807, 2.05) is 12.1 Å². The number of hydrogen-bond acceptors (Lipinski definition) is 3. The zero-order valence-corrected chi connectivity index (χ0v) is 9.18. The number of fused-ring (bicyclic) bond motifs is 1. The van der Waals surface area contributed by atoms with Gasteiger partial charge in [0.15, 0.2) is 5.69 Å². The Morgan fingerprint density at radius 2 is 2.29 bits per heavy atom. The van der Waals surface area contributed by atoms with Crippen molar-refractivity contribution in [2.45, 2.75) is 18.9 Å². The van der Waals surface area contributed by atoms with E-state index in [-0.39, 0.29) is 11.9 Å². The second-order valence-corrected chi connectivity index (χ2v) is 4.12. The van der Waals surface area contributed by atoms with Crippen LogP contribution in [0.25, 0.3) is 0 Å². The standard InChI is InChI=1S/C12H12N4O/c17-12(11-7-13-16-15-11)14-10-6-5-8-3-1-2-4-9(8)10/h1-4,7,10H,5-6H2,(H,14,17)(H,13,15,16). The van der Waals surface area contributed by atoms with Crippen molar-refractivity contribution in [3.05, 3.63) is 47.3 Å². The van der Waals surface area contributed by atoms with Gasteiger partial charge in [0.2, 0.25) is 0 Å². The van der Waals surface area contributed by atoms with Crippen LogP contribution < -0.4 is 5.32 Å². The predicted molar refractivity (Wildman–Crippen MR) is 61.4 cm³/mol. The predicted octanol–water partition coefficient (Wildman–Crippen LogP) is 1.22. The van der Waals surface area contributed by atoms with Crippen molar-refractivity contribution >= 4 is 5.91 Å². The number of amides is 1. The van der Waals surface area contributed by atoms with Crippen LogP contribution in [0.2, 0.25) is 0 Å². The zero-order chi connectivity index (χ0) is 11.7. The van der Waals surface area contributed by atoms with E-state index in [9.17, 15) is 4.79 Å². The highest BCUT2D eigenvalue weighted by atomic mass is 16.2. The number of carbonyl (C=O) groups is 1. The molecule has 5 nitrogen and oxygen atoms in total.